The van der Waals surface area contributed by atoms with Gasteiger partial charge < -0.3 is 5.32 Å². The third kappa shape index (κ3) is 5.30. The zero-order valence-electron chi connectivity index (χ0n) is 10.7. The van der Waals surface area contributed by atoms with Gasteiger partial charge in [0.2, 0.25) is 0 Å². The Labute approximate surface area is 99.9 Å². The summed E-state index contributed by atoms with van der Waals surface area (Å²) in [6, 6.07) is 0.603. The summed E-state index contributed by atoms with van der Waals surface area (Å²) in [5, 5.41) is 3.48. The highest BCUT2D eigenvalue weighted by Crippen LogP contribution is 2.29. The minimum Gasteiger partial charge on any atom is -0.314 e. The lowest BCUT2D eigenvalue weighted by molar-refractivity contribution is 0.227. The lowest BCUT2D eigenvalue weighted by atomic mass is 9.79. The standard InChI is InChI=1S/C12H25NO2S/c1-10-5-6-12(9-11(10)2)13-7-4-8-16(3,14)15/h10-13H,4-9H2,1-3H3. The zero-order chi connectivity index (χ0) is 12.2. The van der Waals surface area contributed by atoms with Crippen LogP contribution >= 0.6 is 0 Å². The predicted molar refractivity (Wildman–Crippen MR) is 68.3 cm³/mol. The van der Waals surface area contributed by atoms with Gasteiger partial charge in [-0.3, -0.25) is 0 Å². The molecule has 0 amide bonds. The van der Waals surface area contributed by atoms with E-state index in [9.17, 15) is 8.42 Å². The van der Waals surface area contributed by atoms with Crippen LogP contribution in [0.2, 0.25) is 0 Å². The molecule has 1 saturated carbocycles. The molecule has 3 atom stereocenters. The first-order chi connectivity index (χ1) is 7.38. The summed E-state index contributed by atoms with van der Waals surface area (Å²) in [6.45, 7) is 5.47. The molecular formula is C12H25NO2S. The summed E-state index contributed by atoms with van der Waals surface area (Å²) in [4.78, 5) is 0. The van der Waals surface area contributed by atoms with Crippen LogP contribution in [-0.4, -0.2) is 33.0 Å². The van der Waals surface area contributed by atoms with Crippen molar-refractivity contribution in [1.82, 2.24) is 5.32 Å². The van der Waals surface area contributed by atoms with Crippen LogP contribution in [-0.2, 0) is 9.84 Å². The second kappa shape index (κ2) is 6.01. The first kappa shape index (κ1) is 14.0. The molecule has 1 fully saturated rings. The van der Waals surface area contributed by atoms with Gasteiger partial charge in [-0.25, -0.2) is 8.42 Å². The highest BCUT2D eigenvalue weighted by molar-refractivity contribution is 7.90. The Bertz CT molecular complexity index is 300. The van der Waals surface area contributed by atoms with Crippen LogP contribution in [0.3, 0.4) is 0 Å². The average molecular weight is 247 g/mol. The van der Waals surface area contributed by atoms with E-state index >= 15 is 0 Å². The zero-order valence-corrected chi connectivity index (χ0v) is 11.5. The molecule has 0 spiro atoms. The largest absolute Gasteiger partial charge is 0.314 e. The molecule has 1 rings (SSSR count). The van der Waals surface area contributed by atoms with Crippen molar-refractivity contribution in [2.45, 2.75) is 45.6 Å². The molecule has 0 saturated heterocycles. The van der Waals surface area contributed by atoms with Crippen molar-refractivity contribution in [1.29, 1.82) is 0 Å². The summed E-state index contributed by atoms with van der Waals surface area (Å²) < 4.78 is 21.9. The summed E-state index contributed by atoms with van der Waals surface area (Å²) >= 11 is 0. The van der Waals surface area contributed by atoms with Gasteiger partial charge >= 0.3 is 0 Å². The Morgan fingerprint density at radius 3 is 2.44 bits per heavy atom. The second-order valence-corrected chi connectivity index (χ2v) is 7.66. The van der Waals surface area contributed by atoms with Gasteiger partial charge in [0.25, 0.3) is 0 Å². The normalized spacial score (nSPS) is 31.6. The van der Waals surface area contributed by atoms with Crippen LogP contribution < -0.4 is 5.32 Å². The van der Waals surface area contributed by atoms with Gasteiger partial charge in [-0.15, -0.1) is 0 Å². The molecule has 3 nitrogen and oxygen atoms in total. The maximum absolute atomic E-state index is 10.9. The Kier molecular flexibility index (Phi) is 5.25. The van der Waals surface area contributed by atoms with Crippen molar-refractivity contribution in [3.8, 4) is 0 Å². The van der Waals surface area contributed by atoms with Crippen molar-refractivity contribution in [2.24, 2.45) is 11.8 Å². The molecule has 0 aliphatic heterocycles. The van der Waals surface area contributed by atoms with Crippen LogP contribution in [0.5, 0.6) is 0 Å². The number of sulfone groups is 1. The van der Waals surface area contributed by atoms with Crippen LogP contribution in [0.1, 0.15) is 39.5 Å². The van der Waals surface area contributed by atoms with Gasteiger partial charge in [-0.2, -0.15) is 0 Å². The number of rotatable bonds is 5. The van der Waals surface area contributed by atoms with E-state index in [4.69, 9.17) is 0 Å². The molecule has 0 aromatic carbocycles. The lowest BCUT2D eigenvalue weighted by Gasteiger charge is -2.32. The van der Waals surface area contributed by atoms with E-state index in [-0.39, 0.29) is 0 Å². The second-order valence-electron chi connectivity index (χ2n) is 5.40. The maximum Gasteiger partial charge on any atom is 0.147 e. The Balaban J connectivity index is 2.14. The quantitative estimate of drug-likeness (QED) is 0.754. The first-order valence-corrected chi connectivity index (χ1v) is 8.35. The van der Waals surface area contributed by atoms with Crippen molar-refractivity contribution < 1.29 is 8.42 Å². The average Bonchev–Trinajstić information content (AvgIpc) is 2.17. The number of hydrogen-bond donors (Lipinski definition) is 1. The summed E-state index contributed by atoms with van der Waals surface area (Å²) in [5.41, 5.74) is 0. The molecule has 1 N–H and O–H groups in total. The van der Waals surface area contributed by atoms with Gasteiger partial charge in [0, 0.05) is 12.3 Å². The van der Waals surface area contributed by atoms with E-state index in [0.29, 0.717) is 11.8 Å². The molecular weight excluding hydrogens is 222 g/mol. The fourth-order valence-corrected chi connectivity index (χ4v) is 3.04. The molecule has 0 aromatic heterocycles. The fraction of sp³-hybridized carbons (Fsp3) is 1.00. The molecule has 1 aliphatic carbocycles. The Morgan fingerprint density at radius 1 is 1.19 bits per heavy atom. The third-order valence-corrected chi connectivity index (χ3v) is 4.75. The molecule has 1 aliphatic rings. The lowest BCUT2D eigenvalue weighted by Crippen LogP contribution is -2.37. The molecule has 16 heavy (non-hydrogen) atoms. The maximum atomic E-state index is 10.9. The van der Waals surface area contributed by atoms with Crippen LogP contribution in [0.25, 0.3) is 0 Å². The van der Waals surface area contributed by atoms with E-state index < -0.39 is 9.84 Å². The highest BCUT2D eigenvalue weighted by Gasteiger charge is 2.23. The van der Waals surface area contributed by atoms with Gasteiger partial charge in [-0.05, 0) is 44.1 Å². The van der Waals surface area contributed by atoms with Gasteiger partial charge in [0.1, 0.15) is 9.84 Å². The monoisotopic (exact) mass is 247 g/mol. The van der Waals surface area contributed by atoms with Crippen LogP contribution in [0.4, 0.5) is 0 Å². The molecule has 0 aromatic rings. The molecule has 3 unspecified atom stereocenters. The SMILES string of the molecule is CC1CCC(NCCCS(C)(=O)=O)CC1C. The Hall–Kier alpha value is -0.0900. The van der Waals surface area contributed by atoms with E-state index in [1.165, 1.54) is 25.5 Å². The van der Waals surface area contributed by atoms with E-state index in [1.807, 2.05) is 0 Å². The van der Waals surface area contributed by atoms with Crippen LogP contribution in [0, 0.1) is 11.8 Å². The van der Waals surface area contributed by atoms with Crippen molar-refractivity contribution >= 4 is 9.84 Å². The molecule has 0 heterocycles. The molecule has 96 valence electrons. The third-order valence-electron chi connectivity index (χ3n) is 3.72. The van der Waals surface area contributed by atoms with Crippen LogP contribution in [0.15, 0.2) is 0 Å². The van der Waals surface area contributed by atoms with E-state index in [0.717, 1.165) is 24.8 Å². The smallest absolute Gasteiger partial charge is 0.147 e. The van der Waals surface area contributed by atoms with E-state index in [1.54, 1.807) is 0 Å². The van der Waals surface area contributed by atoms with Crippen molar-refractivity contribution in [3.63, 3.8) is 0 Å². The number of nitrogens with one attached hydrogen (secondary N) is 1. The fourth-order valence-electron chi connectivity index (χ4n) is 2.37. The minimum absolute atomic E-state index is 0.304. The summed E-state index contributed by atoms with van der Waals surface area (Å²) in [6.07, 6.45) is 5.81. The van der Waals surface area contributed by atoms with Gasteiger partial charge in [0.15, 0.2) is 0 Å². The highest BCUT2D eigenvalue weighted by atomic mass is 32.2. The van der Waals surface area contributed by atoms with Gasteiger partial charge in [-0.1, -0.05) is 13.8 Å². The molecule has 0 radical (unpaired) electrons. The van der Waals surface area contributed by atoms with Crippen molar-refractivity contribution in [3.05, 3.63) is 0 Å². The topological polar surface area (TPSA) is 46.2 Å². The van der Waals surface area contributed by atoms with Crippen molar-refractivity contribution in [2.75, 3.05) is 18.6 Å². The molecule has 4 heteroatoms. The summed E-state index contributed by atoms with van der Waals surface area (Å²) in [7, 11) is -2.79. The predicted octanol–water partition coefficient (Wildman–Crippen LogP) is 1.84. The van der Waals surface area contributed by atoms with Gasteiger partial charge in [0.05, 0.1) is 5.75 Å². The molecule has 0 bridgehead atoms. The van der Waals surface area contributed by atoms with E-state index in [2.05, 4.69) is 19.2 Å². The minimum atomic E-state index is -2.79. The Morgan fingerprint density at radius 2 is 1.88 bits per heavy atom. The first-order valence-electron chi connectivity index (χ1n) is 6.29. The number of hydrogen-bond acceptors (Lipinski definition) is 3. The summed E-state index contributed by atoms with van der Waals surface area (Å²) in [5.74, 6) is 1.94.